The first kappa shape index (κ1) is 13.6. The second-order valence-corrected chi connectivity index (χ2v) is 6.74. The predicted octanol–water partition coefficient (Wildman–Crippen LogP) is 2.86. The predicted molar refractivity (Wildman–Crippen MR) is 77.7 cm³/mol. The Labute approximate surface area is 114 Å². The molecule has 0 unspecified atom stereocenters. The number of anilines is 1. The fourth-order valence-electron chi connectivity index (χ4n) is 1.82. The van der Waals surface area contributed by atoms with Crippen LogP contribution in [0.15, 0.2) is 47.4 Å². The quantitative estimate of drug-likeness (QED) is 0.876. The highest BCUT2D eigenvalue weighted by Gasteiger charge is 2.15. The molecule has 2 aromatic rings. The highest BCUT2D eigenvalue weighted by atomic mass is 32.2. The van der Waals surface area contributed by atoms with Gasteiger partial charge in [-0.25, -0.2) is 8.42 Å². The summed E-state index contributed by atoms with van der Waals surface area (Å²) in [6, 6.07) is 12.1. The van der Waals surface area contributed by atoms with Crippen molar-refractivity contribution in [3.63, 3.8) is 0 Å². The molecule has 0 amide bonds. The number of rotatable bonds is 3. The molecule has 0 fully saturated rings. The van der Waals surface area contributed by atoms with E-state index in [2.05, 4.69) is 0 Å². The minimum Gasteiger partial charge on any atom is -0.399 e. The Balaban J connectivity index is 2.32. The number of sulfone groups is 1. The number of nitrogen functional groups attached to an aromatic ring is 1. The van der Waals surface area contributed by atoms with Gasteiger partial charge < -0.3 is 5.73 Å². The summed E-state index contributed by atoms with van der Waals surface area (Å²) in [7, 11) is -3.31. The van der Waals surface area contributed by atoms with Crippen LogP contribution in [0.3, 0.4) is 0 Å². The maximum atomic E-state index is 12.3. The lowest BCUT2D eigenvalue weighted by atomic mass is 10.1. The molecular weight excluding hydrogens is 258 g/mol. The SMILES string of the molecule is Cc1ccc(S(=O)(=O)Cc2ccc(N)cc2)cc1C. The first-order valence-electron chi connectivity index (χ1n) is 6.03. The highest BCUT2D eigenvalue weighted by Crippen LogP contribution is 2.20. The number of hydrogen-bond acceptors (Lipinski definition) is 3. The molecule has 0 saturated carbocycles. The van der Waals surface area contributed by atoms with Crippen molar-refractivity contribution in [2.45, 2.75) is 24.5 Å². The molecule has 4 heteroatoms. The summed E-state index contributed by atoms with van der Waals surface area (Å²) >= 11 is 0. The number of hydrogen-bond donors (Lipinski definition) is 1. The molecule has 0 spiro atoms. The lowest BCUT2D eigenvalue weighted by Crippen LogP contribution is -2.05. The van der Waals surface area contributed by atoms with Gasteiger partial charge in [0, 0.05) is 5.69 Å². The van der Waals surface area contributed by atoms with E-state index in [0.29, 0.717) is 10.6 Å². The van der Waals surface area contributed by atoms with Crippen molar-refractivity contribution in [1.29, 1.82) is 0 Å². The summed E-state index contributed by atoms with van der Waals surface area (Å²) in [4.78, 5) is 0.368. The van der Waals surface area contributed by atoms with Crippen LogP contribution in [0, 0.1) is 13.8 Å². The monoisotopic (exact) mass is 275 g/mol. The van der Waals surface area contributed by atoms with E-state index in [1.54, 1.807) is 36.4 Å². The molecular formula is C15H17NO2S. The van der Waals surface area contributed by atoms with E-state index < -0.39 is 9.84 Å². The van der Waals surface area contributed by atoms with Crippen LogP contribution in [-0.2, 0) is 15.6 Å². The molecule has 0 saturated heterocycles. The summed E-state index contributed by atoms with van der Waals surface area (Å²) in [6.45, 7) is 3.88. The zero-order valence-corrected chi connectivity index (χ0v) is 11.9. The standard InChI is InChI=1S/C15H17NO2S/c1-11-3-8-15(9-12(11)2)19(17,18)10-13-4-6-14(16)7-5-13/h3-9H,10,16H2,1-2H3. The van der Waals surface area contributed by atoms with Crippen molar-refractivity contribution >= 4 is 15.5 Å². The second-order valence-electron chi connectivity index (χ2n) is 4.75. The lowest BCUT2D eigenvalue weighted by Gasteiger charge is -2.07. The molecule has 0 aliphatic rings. The molecule has 0 bridgehead atoms. The van der Waals surface area contributed by atoms with Crippen molar-refractivity contribution in [2.75, 3.05) is 5.73 Å². The zero-order chi connectivity index (χ0) is 14.0. The van der Waals surface area contributed by atoms with Crippen LogP contribution in [0.1, 0.15) is 16.7 Å². The van der Waals surface area contributed by atoms with E-state index in [4.69, 9.17) is 5.73 Å². The Morgan fingerprint density at radius 2 is 1.58 bits per heavy atom. The Bertz CT molecular complexity index is 689. The Kier molecular flexibility index (Phi) is 3.62. The van der Waals surface area contributed by atoms with Gasteiger partial charge in [-0.15, -0.1) is 0 Å². The first-order valence-corrected chi connectivity index (χ1v) is 7.68. The van der Waals surface area contributed by atoms with Gasteiger partial charge in [-0.05, 0) is 54.8 Å². The third kappa shape index (κ3) is 3.15. The molecule has 2 N–H and O–H groups in total. The van der Waals surface area contributed by atoms with Crippen molar-refractivity contribution in [3.8, 4) is 0 Å². The zero-order valence-electron chi connectivity index (χ0n) is 11.1. The largest absolute Gasteiger partial charge is 0.399 e. The van der Waals surface area contributed by atoms with Crippen molar-refractivity contribution in [1.82, 2.24) is 0 Å². The van der Waals surface area contributed by atoms with Crippen LogP contribution in [-0.4, -0.2) is 8.42 Å². The van der Waals surface area contributed by atoms with Gasteiger partial charge in [0.05, 0.1) is 10.6 Å². The Morgan fingerprint density at radius 3 is 2.16 bits per heavy atom. The minimum atomic E-state index is -3.31. The summed E-state index contributed by atoms with van der Waals surface area (Å²) in [5.41, 5.74) is 9.04. The summed E-state index contributed by atoms with van der Waals surface area (Å²) < 4.78 is 24.6. The second kappa shape index (κ2) is 5.05. The third-order valence-corrected chi connectivity index (χ3v) is 4.86. The topological polar surface area (TPSA) is 60.2 Å². The first-order chi connectivity index (χ1) is 8.88. The maximum absolute atomic E-state index is 12.3. The summed E-state index contributed by atoms with van der Waals surface area (Å²) in [5, 5.41) is 0. The third-order valence-electron chi connectivity index (χ3n) is 3.17. The van der Waals surface area contributed by atoms with Gasteiger partial charge in [0.2, 0.25) is 0 Å². The molecule has 100 valence electrons. The van der Waals surface area contributed by atoms with Crippen LogP contribution in [0.25, 0.3) is 0 Å². The number of nitrogens with two attached hydrogens (primary N) is 1. The molecule has 0 aromatic heterocycles. The van der Waals surface area contributed by atoms with Gasteiger partial charge in [-0.1, -0.05) is 18.2 Å². The number of aryl methyl sites for hydroxylation is 2. The van der Waals surface area contributed by atoms with Crippen LogP contribution < -0.4 is 5.73 Å². The lowest BCUT2D eigenvalue weighted by molar-refractivity contribution is 0.595. The van der Waals surface area contributed by atoms with Crippen LogP contribution in [0.2, 0.25) is 0 Å². The van der Waals surface area contributed by atoms with E-state index in [9.17, 15) is 8.42 Å². The van der Waals surface area contributed by atoms with Crippen molar-refractivity contribution in [2.24, 2.45) is 0 Å². The average Bonchev–Trinajstić information content (AvgIpc) is 2.35. The number of benzene rings is 2. The van der Waals surface area contributed by atoms with Gasteiger partial charge in [-0.2, -0.15) is 0 Å². The molecule has 0 heterocycles. The van der Waals surface area contributed by atoms with Crippen LogP contribution in [0.4, 0.5) is 5.69 Å². The van der Waals surface area contributed by atoms with Crippen molar-refractivity contribution < 1.29 is 8.42 Å². The summed E-state index contributed by atoms with van der Waals surface area (Å²) in [5.74, 6) is -0.00419. The average molecular weight is 275 g/mol. The van der Waals surface area contributed by atoms with Gasteiger partial charge in [-0.3, -0.25) is 0 Å². The van der Waals surface area contributed by atoms with E-state index in [1.807, 2.05) is 19.9 Å². The Morgan fingerprint density at radius 1 is 0.947 bits per heavy atom. The van der Waals surface area contributed by atoms with Gasteiger partial charge in [0.1, 0.15) is 0 Å². The fraction of sp³-hybridized carbons (Fsp3) is 0.200. The maximum Gasteiger partial charge on any atom is 0.182 e. The normalized spacial score (nSPS) is 11.5. The van der Waals surface area contributed by atoms with E-state index >= 15 is 0 Å². The summed E-state index contributed by atoms with van der Waals surface area (Å²) in [6.07, 6.45) is 0. The van der Waals surface area contributed by atoms with Crippen LogP contribution in [0.5, 0.6) is 0 Å². The molecule has 3 nitrogen and oxygen atoms in total. The molecule has 2 aromatic carbocycles. The Hall–Kier alpha value is -1.81. The van der Waals surface area contributed by atoms with E-state index in [-0.39, 0.29) is 5.75 Å². The smallest absolute Gasteiger partial charge is 0.182 e. The van der Waals surface area contributed by atoms with E-state index in [1.165, 1.54) is 0 Å². The molecule has 0 radical (unpaired) electrons. The van der Waals surface area contributed by atoms with Crippen LogP contribution >= 0.6 is 0 Å². The molecule has 2 rings (SSSR count). The minimum absolute atomic E-state index is 0.00419. The molecule has 0 atom stereocenters. The highest BCUT2D eigenvalue weighted by molar-refractivity contribution is 7.90. The molecule has 0 aliphatic heterocycles. The van der Waals surface area contributed by atoms with E-state index in [0.717, 1.165) is 16.7 Å². The van der Waals surface area contributed by atoms with Gasteiger partial charge in [0.25, 0.3) is 0 Å². The van der Waals surface area contributed by atoms with Gasteiger partial charge >= 0.3 is 0 Å². The van der Waals surface area contributed by atoms with Crippen molar-refractivity contribution in [3.05, 3.63) is 59.2 Å². The fourth-order valence-corrected chi connectivity index (χ4v) is 3.25. The molecule has 0 aliphatic carbocycles. The van der Waals surface area contributed by atoms with Gasteiger partial charge in [0.15, 0.2) is 9.84 Å². The molecule has 19 heavy (non-hydrogen) atoms.